The zero-order valence-corrected chi connectivity index (χ0v) is 19.5. The second-order valence-corrected chi connectivity index (χ2v) is 9.10. The minimum atomic E-state index is -0.878. The third kappa shape index (κ3) is 4.98. The number of rotatable bonds is 7. The summed E-state index contributed by atoms with van der Waals surface area (Å²) in [6.07, 6.45) is 3.65. The number of halogens is 1. The van der Waals surface area contributed by atoms with Gasteiger partial charge in [0.25, 0.3) is 6.01 Å². The van der Waals surface area contributed by atoms with Gasteiger partial charge in [-0.1, -0.05) is 72.6 Å². The summed E-state index contributed by atoms with van der Waals surface area (Å²) in [5.41, 5.74) is 4.19. The van der Waals surface area contributed by atoms with E-state index in [1.165, 1.54) is 0 Å². The molecule has 1 saturated carbocycles. The third-order valence-corrected chi connectivity index (χ3v) is 6.66. The molecule has 0 unspecified atom stereocenters. The van der Waals surface area contributed by atoms with Gasteiger partial charge in [0.05, 0.1) is 12.1 Å². The Morgan fingerprint density at radius 1 is 0.914 bits per heavy atom. The maximum Gasteiger partial charge on any atom is 0.307 e. The molecule has 176 valence electrons. The van der Waals surface area contributed by atoms with E-state index in [1.807, 2.05) is 48.5 Å². The first kappa shape index (κ1) is 22.9. The highest BCUT2D eigenvalue weighted by molar-refractivity contribution is 6.30. The van der Waals surface area contributed by atoms with Crippen molar-refractivity contribution in [2.45, 2.75) is 19.3 Å². The number of hydrogen-bond acceptors (Lipinski definition) is 5. The molecule has 1 aliphatic carbocycles. The molecule has 4 aromatic rings. The van der Waals surface area contributed by atoms with E-state index in [0.717, 1.165) is 28.8 Å². The van der Waals surface area contributed by atoms with Crippen LogP contribution in [0.2, 0.25) is 5.02 Å². The summed E-state index contributed by atoms with van der Waals surface area (Å²) in [7, 11) is 0. The Morgan fingerprint density at radius 2 is 1.57 bits per heavy atom. The third-order valence-electron chi connectivity index (χ3n) is 6.42. The number of aliphatic carboxylic acids is 1. The maximum atomic E-state index is 12.9. The van der Waals surface area contributed by atoms with Gasteiger partial charge in [-0.05, 0) is 42.2 Å². The number of aromatic nitrogens is 1. The summed E-state index contributed by atoms with van der Waals surface area (Å²) in [6.45, 7) is 0. The lowest BCUT2D eigenvalue weighted by atomic mass is 9.88. The van der Waals surface area contributed by atoms with Gasteiger partial charge in [0.1, 0.15) is 0 Å². The van der Waals surface area contributed by atoms with E-state index in [4.69, 9.17) is 16.0 Å². The molecule has 1 heterocycles. The molecule has 6 nitrogen and oxygen atoms in total. The van der Waals surface area contributed by atoms with E-state index in [0.29, 0.717) is 35.2 Å². The van der Waals surface area contributed by atoms with Gasteiger partial charge < -0.3 is 14.8 Å². The summed E-state index contributed by atoms with van der Waals surface area (Å²) in [4.78, 5) is 28.6. The number of carbonyl (C=O) groups excluding carboxylic acids is 1. The SMILES string of the molecule is O=C(O)[C@@H]1CCC[C@H]1C(=O)c1ccc(-c2ccc(-c3cnc(Nc4cccc(Cl)c4)o3)cc2)cc1. The molecule has 3 aromatic carbocycles. The molecule has 1 aliphatic rings. The molecule has 0 aliphatic heterocycles. The first-order chi connectivity index (χ1) is 17.0. The fraction of sp³-hybridized carbons (Fsp3) is 0.179. The molecule has 1 aromatic heterocycles. The molecular formula is C28H23ClN2O4. The lowest BCUT2D eigenvalue weighted by molar-refractivity contribution is -0.142. The van der Waals surface area contributed by atoms with E-state index >= 15 is 0 Å². The number of nitrogens with one attached hydrogen (secondary N) is 1. The van der Waals surface area contributed by atoms with E-state index in [-0.39, 0.29) is 5.78 Å². The van der Waals surface area contributed by atoms with Crippen LogP contribution < -0.4 is 5.32 Å². The molecule has 1 fully saturated rings. The molecule has 35 heavy (non-hydrogen) atoms. The van der Waals surface area contributed by atoms with Gasteiger partial charge in [0.2, 0.25) is 0 Å². The number of hydrogen-bond donors (Lipinski definition) is 2. The highest BCUT2D eigenvalue weighted by atomic mass is 35.5. The lowest BCUT2D eigenvalue weighted by Gasteiger charge is -2.14. The standard InChI is InChI=1S/C28H23ClN2O4/c29-21-3-1-4-22(15-21)31-28-30-16-25(35-28)19-11-7-17(8-12-19)18-9-13-20(14-10-18)26(32)23-5-2-6-24(23)27(33)34/h1,3-4,7-16,23-24H,2,5-6H2,(H,30,31)(H,33,34)/t23-,24-/m1/s1. The minimum absolute atomic E-state index is 0.0793. The first-order valence-electron chi connectivity index (χ1n) is 11.4. The first-order valence-corrected chi connectivity index (χ1v) is 11.8. The molecule has 0 spiro atoms. The molecule has 7 heteroatoms. The Balaban J connectivity index is 1.27. The highest BCUT2D eigenvalue weighted by Gasteiger charge is 2.37. The number of nitrogens with zero attached hydrogens (tertiary/aromatic N) is 1. The molecule has 2 N–H and O–H groups in total. The van der Waals surface area contributed by atoms with Crippen LogP contribution >= 0.6 is 11.6 Å². The van der Waals surface area contributed by atoms with Gasteiger partial charge >= 0.3 is 5.97 Å². The second-order valence-electron chi connectivity index (χ2n) is 8.67. The number of Topliss-reactive ketones (excluding diaryl/α,β-unsaturated/α-hetero) is 1. The van der Waals surface area contributed by atoms with E-state index in [2.05, 4.69) is 10.3 Å². The maximum absolute atomic E-state index is 12.9. The smallest absolute Gasteiger partial charge is 0.307 e. The minimum Gasteiger partial charge on any atom is -0.481 e. The Hall–Kier alpha value is -3.90. The van der Waals surface area contributed by atoms with Crippen LogP contribution in [-0.4, -0.2) is 21.8 Å². The van der Waals surface area contributed by atoms with Gasteiger partial charge in [0, 0.05) is 27.8 Å². The Bertz CT molecular complexity index is 1360. The van der Waals surface area contributed by atoms with Crippen LogP contribution in [0.3, 0.4) is 0 Å². The number of carboxylic acid groups (broad SMARTS) is 1. The summed E-state index contributed by atoms with van der Waals surface area (Å²) in [5, 5.41) is 13.1. The Morgan fingerprint density at radius 3 is 2.26 bits per heavy atom. The van der Waals surface area contributed by atoms with Crippen molar-refractivity contribution >= 4 is 35.1 Å². The van der Waals surface area contributed by atoms with Gasteiger partial charge in [-0.25, -0.2) is 4.98 Å². The van der Waals surface area contributed by atoms with Crippen LogP contribution in [0.4, 0.5) is 11.7 Å². The van der Waals surface area contributed by atoms with Crippen LogP contribution in [0, 0.1) is 11.8 Å². The number of carbonyl (C=O) groups is 2. The molecule has 0 saturated heterocycles. The summed E-state index contributed by atoms with van der Waals surface area (Å²) >= 11 is 6.02. The predicted octanol–water partition coefficient (Wildman–Crippen LogP) is 7.09. The average molecular weight is 487 g/mol. The van der Waals surface area contributed by atoms with Crippen LogP contribution in [0.5, 0.6) is 0 Å². The van der Waals surface area contributed by atoms with E-state index < -0.39 is 17.8 Å². The normalized spacial score (nSPS) is 17.3. The van der Waals surface area contributed by atoms with Crippen molar-refractivity contribution in [2.24, 2.45) is 11.8 Å². The molecule has 0 radical (unpaired) electrons. The fourth-order valence-electron chi connectivity index (χ4n) is 4.59. The molecule has 0 amide bonds. The van der Waals surface area contributed by atoms with Gasteiger partial charge in [0.15, 0.2) is 11.5 Å². The van der Waals surface area contributed by atoms with Crippen molar-refractivity contribution in [2.75, 3.05) is 5.32 Å². The number of ketones is 1. The fourth-order valence-corrected chi connectivity index (χ4v) is 4.78. The van der Waals surface area contributed by atoms with Gasteiger partial charge in [-0.3, -0.25) is 9.59 Å². The molecule has 2 atom stereocenters. The summed E-state index contributed by atoms with van der Waals surface area (Å²) in [5.74, 6) is -1.34. The zero-order chi connectivity index (χ0) is 24.4. The number of anilines is 2. The van der Waals surface area contributed by atoms with Gasteiger partial charge in [-0.2, -0.15) is 0 Å². The highest BCUT2D eigenvalue weighted by Crippen LogP contribution is 2.35. The van der Waals surface area contributed by atoms with Crippen molar-refractivity contribution in [3.8, 4) is 22.5 Å². The van der Waals surface area contributed by atoms with Crippen molar-refractivity contribution in [3.63, 3.8) is 0 Å². The van der Waals surface area contributed by atoms with Crippen LogP contribution in [-0.2, 0) is 4.79 Å². The Kier molecular flexibility index (Phi) is 6.38. The van der Waals surface area contributed by atoms with E-state index in [9.17, 15) is 14.7 Å². The zero-order valence-electron chi connectivity index (χ0n) is 18.8. The number of carboxylic acids is 1. The second kappa shape index (κ2) is 9.76. The molecule has 0 bridgehead atoms. The van der Waals surface area contributed by atoms with Crippen molar-refractivity contribution < 1.29 is 19.1 Å². The van der Waals surface area contributed by atoms with Crippen LogP contribution in [0.1, 0.15) is 29.6 Å². The lowest BCUT2D eigenvalue weighted by Crippen LogP contribution is -2.25. The topological polar surface area (TPSA) is 92.4 Å². The van der Waals surface area contributed by atoms with Crippen LogP contribution in [0.15, 0.2) is 83.4 Å². The molecular weight excluding hydrogens is 464 g/mol. The van der Waals surface area contributed by atoms with Crippen LogP contribution in [0.25, 0.3) is 22.5 Å². The largest absolute Gasteiger partial charge is 0.481 e. The predicted molar refractivity (Wildman–Crippen MR) is 135 cm³/mol. The van der Waals surface area contributed by atoms with Crippen molar-refractivity contribution in [1.29, 1.82) is 0 Å². The average Bonchev–Trinajstić information content (AvgIpc) is 3.54. The number of benzene rings is 3. The molecule has 5 rings (SSSR count). The van der Waals surface area contributed by atoms with Crippen molar-refractivity contribution in [1.82, 2.24) is 4.98 Å². The summed E-state index contributed by atoms with van der Waals surface area (Å²) in [6, 6.07) is 22.9. The quantitative estimate of drug-likeness (QED) is 0.271. The number of oxazole rings is 1. The van der Waals surface area contributed by atoms with E-state index in [1.54, 1.807) is 30.5 Å². The Labute approximate surface area is 207 Å². The van der Waals surface area contributed by atoms with Gasteiger partial charge in [-0.15, -0.1) is 0 Å². The summed E-state index contributed by atoms with van der Waals surface area (Å²) < 4.78 is 5.83. The monoisotopic (exact) mass is 486 g/mol. The van der Waals surface area contributed by atoms with Crippen molar-refractivity contribution in [3.05, 3.63) is 89.6 Å².